The third-order valence-electron chi connectivity index (χ3n) is 7.06. The van der Waals surface area contributed by atoms with Crippen LogP contribution >= 0.6 is 0 Å². The van der Waals surface area contributed by atoms with Gasteiger partial charge >= 0.3 is 0 Å². The standard InChI is InChI=1S/C34H33NO5/c36-22-30-32(39-24-27-15-7-2-8-16-27)33(40-25-28-17-9-3-10-18-28)31(38-23-26-13-5-1-6-14-26)21-35(30)34(37)29-19-11-4-12-20-29/h1-20,22,30-33H,21,23-25H2. The molecule has 1 heterocycles. The Hall–Kier alpha value is -4.10. The molecule has 4 aromatic carbocycles. The van der Waals surface area contributed by atoms with E-state index in [4.69, 9.17) is 14.2 Å². The SMILES string of the molecule is O=CC1C(OCc2ccccc2)C(OCc2ccccc2)C(OCc2ccccc2)CN1C(=O)c1ccccc1. The van der Waals surface area contributed by atoms with Crippen LogP contribution in [0, 0.1) is 0 Å². The maximum Gasteiger partial charge on any atom is 0.254 e. The van der Waals surface area contributed by atoms with Crippen molar-refractivity contribution >= 4 is 12.2 Å². The fraction of sp³-hybridized carbons (Fsp3) is 0.235. The molecule has 4 atom stereocenters. The van der Waals surface area contributed by atoms with E-state index in [0.29, 0.717) is 18.8 Å². The van der Waals surface area contributed by atoms with E-state index in [1.54, 1.807) is 17.0 Å². The molecule has 0 aromatic heterocycles. The van der Waals surface area contributed by atoms with Crippen molar-refractivity contribution in [1.29, 1.82) is 0 Å². The van der Waals surface area contributed by atoms with Gasteiger partial charge in [-0.05, 0) is 28.8 Å². The Morgan fingerprint density at radius 2 is 1.05 bits per heavy atom. The highest BCUT2D eigenvalue weighted by Gasteiger charge is 2.47. The number of ether oxygens (including phenoxy) is 3. The van der Waals surface area contributed by atoms with Gasteiger partial charge in [-0.15, -0.1) is 0 Å². The van der Waals surface area contributed by atoms with E-state index in [2.05, 4.69) is 0 Å². The smallest absolute Gasteiger partial charge is 0.254 e. The van der Waals surface area contributed by atoms with E-state index >= 15 is 0 Å². The third-order valence-corrected chi connectivity index (χ3v) is 7.06. The van der Waals surface area contributed by atoms with Gasteiger partial charge in [0.2, 0.25) is 0 Å². The van der Waals surface area contributed by atoms with Crippen molar-refractivity contribution in [1.82, 2.24) is 4.90 Å². The molecule has 0 aliphatic carbocycles. The monoisotopic (exact) mass is 535 g/mol. The van der Waals surface area contributed by atoms with Crippen molar-refractivity contribution in [2.24, 2.45) is 0 Å². The Labute approximate surface area is 235 Å². The minimum atomic E-state index is -0.853. The number of amides is 1. The van der Waals surface area contributed by atoms with Crippen LogP contribution in [0.3, 0.4) is 0 Å². The molecule has 5 rings (SSSR count). The second-order valence-corrected chi connectivity index (χ2v) is 9.81. The van der Waals surface area contributed by atoms with E-state index in [0.717, 1.165) is 23.0 Å². The Morgan fingerprint density at radius 3 is 1.52 bits per heavy atom. The lowest BCUT2D eigenvalue weighted by Gasteiger charge is -2.46. The Morgan fingerprint density at radius 1 is 0.625 bits per heavy atom. The van der Waals surface area contributed by atoms with Gasteiger partial charge in [0, 0.05) is 5.56 Å². The fourth-order valence-corrected chi connectivity index (χ4v) is 4.97. The normalized spacial score (nSPS) is 20.6. The molecule has 1 saturated heterocycles. The molecule has 6 heteroatoms. The van der Waals surface area contributed by atoms with Crippen molar-refractivity contribution < 1.29 is 23.8 Å². The van der Waals surface area contributed by atoms with E-state index in [1.807, 2.05) is 109 Å². The number of likely N-dealkylation sites (tertiary alicyclic amines) is 1. The summed E-state index contributed by atoms with van der Waals surface area (Å²) in [5.41, 5.74) is 3.46. The number of aldehydes is 1. The molecule has 0 bridgehead atoms. The molecule has 0 spiro atoms. The summed E-state index contributed by atoms with van der Waals surface area (Å²) >= 11 is 0. The first-order valence-corrected chi connectivity index (χ1v) is 13.5. The van der Waals surface area contributed by atoms with Crippen molar-refractivity contribution in [2.75, 3.05) is 6.54 Å². The molecule has 40 heavy (non-hydrogen) atoms. The summed E-state index contributed by atoms with van der Waals surface area (Å²) in [6, 6.07) is 37.6. The second-order valence-electron chi connectivity index (χ2n) is 9.81. The van der Waals surface area contributed by atoms with E-state index in [9.17, 15) is 9.59 Å². The quantitative estimate of drug-likeness (QED) is 0.239. The molecule has 0 saturated carbocycles. The molecule has 1 fully saturated rings. The van der Waals surface area contributed by atoms with Gasteiger partial charge in [0.25, 0.3) is 5.91 Å². The second kappa shape index (κ2) is 13.8. The van der Waals surface area contributed by atoms with Crippen LogP contribution < -0.4 is 0 Å². The van der Waals surface area contributed by atoms with Crippen molar-refractivity contribution in [3.8, 4) is 0 Å². The van der Waals surface area contributed by atoms with E-state index < -0.39 is 24.4 Å². The van der Waals surface area contributed by atoms with Crippen molar-refractivity contribution in [2.45, 2.75) is 44.2 Å². The topological polar surface area (TPSA) is 65.1 Å². The van der Waals surface area contributed by atoms with Gasteiger partial charge in [0.1, 0.15) is 30.6 Å². The molecular formula is C34H33NO5. The highest BCUT2D eigenvalue weighted by Crippen LogP contribution is 2.29. The van der Waals surface area contributed by atoms with Crippen LogP contribution in [0.2, 0.25) is 0 Å². The first-order valence-electron chi connectivity index (χ1n) is 13.5. The lowest BCUT2D eigenvalue weighted by Crippen LogP contribution is -2.65. The first kappa shape index (κ1) is 27.5. The van der Waals surface area contributed by atoms with Crippen LogP contribution in [0.5, 0.6) is 0 Å². The average Bonchev–Trinajstić information content (AvgIpc) is 3.03. The lowest BCUT2D eigenvalue weighted by atomic mass is 9.92. The summed E-state index contributed by atoms with van der Waals surface area (Å²) < 4.78 is 19.4. The predicted molar refractivity (Wildman–Crippen MR) is 152 cm³/mol. The molecule has 1 aliphatic heterocycles. The predicted octanol–water partition coefficient (Wildman–Crippen LogP) is 5.47. The van der Waals surface area contributed by atoms with Crippen LogP contribution in [-0.2, 0) is 38.8 Å². The Bertz CT molecular complexity index is 1330. The molecule has 6 nitrogen and oxygen atoms in total. The number of hydrogen-bond donors (Lipinski definition) is 0. The minimum absolute atomic E-state index is 0.189. The van der Waals surface area contributed by atoms with Gasteiger partial charge in [0.05, 0.1) is 26.4 Å². The maximum atomic E-state index is 13.7. The van der Waals surface area contributed by atoms with E-state index in [1.165, 1.54) is 0 Å². The summed E-state index contributed by atoms with van der Waals surface area (Å²) in [6.45, 7) is 1.11. The summed E-state index contributed by atoms with van der Waals surface area (Å²) in [7, 11) is 0. The number of nitrogens with zero attached hydrogens (tertiary/aromatic N) is 1. The zero-order valence-electron chi connectivity index (χ0n) is 22.3. The number of piperidine rings is 1. The molecule has 4 aromatic rings. The van der Waals surface area contributed by atoms with Gasteiger partial charge in [0.15, 0.2) is 0 Å². The van der Waals surface area contributed by atoms with Gasteiger partial charge in [-0.25, -0.2) is 0 Å². The molecule has 1 aliphatic rings. The van der Waals surface area contributed by atoms with Crippen LogP contribution in [-0.4, -0.2) is 48.0 Å². The molecule has 4 unspecified atom stereocenters. The molecule has 204 valence electrons. The minimum Gasteiger partial charge on any atom is -0.369 e. The van der Waals surface area contributed by atoms with Gasteiger partial charge in [-0.1, -0.05) is 109 Å². The van der Waals surface area contributed by atoms with Gasteiger partial charge < -0.3 is 23.9 Å². The third kappa shape index (κ3) is 6.90. The maximum absolute atomic E-state index is 13.7. The fourth-order valence-electron chi connectivity index (χ4n) is 4.97. The van der Waals surface area contributed by atoms with E-state index in [-0.39, 0.29) is 19.1 Å². The molecule has 1 amide bonds. The number of rotatable bonds is 11. The van der Waals surface area contributed by atoms with Crippen molar-refractivity contribution in [3.63, 3.8) is 0 Å². The van der Waals surface area contributed by atoms with Crippen molar-refractivity contribution in [3.05, 3.63) is 144 Å². The van der Waals surface area contributed by atoms with Crippen LogP contribution in [0.15, 0.2) is 121 Å². The summed E-state index contributed by atoms with van der Waals surface area (Å²) in [4.78, 5) is 27.9. The zero-order valence-corrected chi connectivity index (χ0v) is 22.3. The first-order chi connectivity index (χ1) is 19.7. The van der Waals surface area contributed by atoms with Crippen LogP contribution in [0.1, 0.15) is 27.0 Å². The number of carbonyl (C=O) groups excluding carboxylic acids is 2. The largest absolute Gasteiger partial charge is 0.369 e. The summed E-state index contributed by atoms with van der Waals surface area (Å²) in [5.74, 6) is -0.249. The van der Waals surface area contributed by atoms with Crippen LogP contribution in [0.25, 0.3) is 0 Å². The highest BCUT2D eigenvalue weighted by molar-refractivity contribution is 5.96. The highest BCUT2D eigenvalue weighted by atomic mass is 16.6. The zero-order chi connectivity index (χ0) is 27.6. The number of carbonyl (C=O) groups is 2. The van der Waals surface area contributed by atoms with Gasteiger partial charge in [-0.2, -0.15) is 0 Å². The Kier molecular flexibility index (Phi) is 9.48. The average molecular weight is 536 g/mol. The molecular weight excluding hydrogens is 502 g/mol. The Balaban J connectivity index is 1.46. The molecule has 0 radical (unpaired) electrons. The molecule has 0 N–H and O–H groups in total. The number of hydrogen-bond acceptors (Lipinski definition) is 5. The summed E-state index contributed by atoms with van der Waals surface area (Å²) in [6.07, 6.45) is -1.08. The van der Waals surface area contributed by atoms with Crippen LogP contribution in [0.4, 0.5) is 0 Å². The number of benzene rings is 4. The summed E-state index contributed by atoms with van der Waals surface area (Å²) in [5, 5.41) is 0. The lowest BCUT2D eigenvalue weighted by molar-refractivity contribution is -0.194. The van der Waals surface area contributed by atoms with Gasteiger partial charge in [-0.3, -0.25) is 4.79 Å².